The molecule has 0 radical (unpaired) electrons. The van der Waals surface area contributed by atoms with E-state index in [9.17, 15) is 27.1 Å². The maximum atomic E-state index is 13.7. The van der Waals surface area contributed by atoms with Crippen LogP contribution in [0.4, 0.5) is 20.2 Å². The number of alkyl halides is 2. The van der Waals surface area contributed by atoms with Gasteiger partial charge in [-0.3, -0.25) is 9.52 Å². The molecule has 0 spiro atoms. The quantitative estimate of drug-likeness (QED) is 0.393. The first-order chi connectivity index (χ1) is 15.3. The molecule has 0 heterocycles. The summed E-state index contributed by atoms with van der Waals surface area (Å²) in [7, 11) is -2.89. The molecule has 0 aromatic heterocycles. The topological polar surface area (TPSA) is 105 Å². The van der Waals surface area contributed by atoms with E-state index in [1.54, 1.807) is 20.8 Å². The van der Waals surface area contributed by atoms with Gasteiger partial charge >= 0.3 is 0 Å². The number of benzene rings is 2. The number of rotatable bonds is 10. The van der Waals surface area contributed by atoms with Gasteiger partial charge in [0.2, 0.25) is 5.91 Å². The Kier molecular flexibility index (Phi) is 9.04. The summed E-state index contributed by atoms with van der Waals surface area (Å²) in [6, 6.07) is 7.32. The number of carbonyl (C=O) groups is 1. The van der Waals surface area contributed by atoms with Crippen LogP contribution in [0, 0.1) is 11.8 Å². The number of anilines is 2. The Morgan fingerprint density at radius 1 is 1.21 bits per heavy atom. The lowest BCUT2D eigenvalue weighted by Gasteiger charge is -2.19. The highest BCUT2D eigenvalue weighted by atomic mass is 35.5. The summed E-state index contributed by atoms with van der Waals surface area (Å²) in [6.07, 6.45) is 0. The lowest BCUT2D eigenvalue weighted by molar-refractivity contribution is -0.122. The Balaban J connectivity index is 2.38. The normalized spacial score (nSPS) is 13.0. The number of aliphatic hydroxyl groups excluding tert-OH is 1. The van der Waals surface area contributed by atoms with Gasteiger partial charge in [0.25, 0.3) is 15.7 Å². The number of ether oxygens (including phenoxy) is 1. The second-order valence-corrected chi connectivity index (χ2v) is 10.3. The molecule has 0 saturated heterocycles. The largest absolute Gasteiger partial charge is 0.492 e. The van der Waals surface area contributed by atoms with Crippen molar-refractivity contribution in [1.29, 1.82) is 0 Å². The van der Waals surface area contributed by atoms with Gasteiger partial charge in [-0.25, -0.2) is 8.42 Å². The maximum absolute atomic E-state index is 13.7. The molecule has 2 rings (SSSR count). The Labute approximate surface area is 199 Å². The Morgan fingerprint density at radius 2 is 1.85 bits per heavy atom. The fraction of sp³-hybridized carbons (Fsp3) is 0.381. The SMILES string of the molecule is CCOc1cc(NC(=O)[C@@H](CO)C(C)C)ccc1S(=O)(=O)Nc1ccc(Cl)c(C(F)(F)P)c1. The van der Waals surface area contributed by atoms with Crippen LogP contribution in [0.5, 0.6) is 5.75 Å². The molecule has 0 aliphatic carbocycles. The molecule has 0 aliphatic rings. The summed E-state index contributed by atoms with van der Waals surface area (Å²) in [5, 5.41) is 11.9. The zero-order chi connectivity index (χ0) is 25.0. The first-order valence-corrected chi connectivity index (χ1v) is 12.4. The smallest absolute Gasteiger partial charge is 0.285 e. The summed E-state index contributed by atoms with van der Waals surface area (Å²) in [5.41, 5.74) is -3.74. The monoisotopic (exact) mass is 522 g/mol. The molecule has 0 saturated carbocycles. The summed E-state index contributed by atoms with van der Waals surface area (Å²) >= 11 is 5.81. The van der Waals surface area contributed by atoms with Crippen molar-refractivity contribution in [2.24, 2.45) is 11.8 Å². The van der Waals surface area contributed by atoms with Crippen molar-refractivity contribution in [2.45, 2.75) is 31.3 Å². The minimum atomic E-state index is -4.24. The van der Waals surface area contributed by atoms with E-state index in [1.807, 2.05) is 0 Å². The molecule has 0 bridgehead atoms. The van der Waals surface area contributed by atoms with Gasteiger partial charge in [0.1, 0.15) is 10.6 Å². The van der Waals surface area contributed by atoms with Crippen LogP contribution in [-0.2, 0) is 20.5 Å². The van der Waals surface area contributed by atoms with Gasteiger partial charge in [-0.15, -0.1) is 0 Å². The van der Waals surface area contributed by atoms with E-state index in [2.05, 4.69) is 10.0 Å². The van der Waals surface area contributed by atoms with Crippen LogP contribution >= 0.6 is 20.8 Å². The highest BCUT2D eigenvalue weighted by molar-refractivity contribution is 7.92. The standard InChI is InChI=1S/C21H26ClF2N2O5PS/c1-4-31-18-10-13(25-20(28)15(11-27)12(2)3)6-8-19(18)33(29,30)26-14-5-7-17(22)16(9-14)21(23,24)32/h5-10,12,15,26-27H,4,11,32H2,1-3H3,(H,25,28)/t15-/m0/s1. The predicted octanol–water partition coefficient (Wildman–Crippen LogP) is 4.67. The number of amides is 1. The summed E-state index contributed by atoms with van der Waals surface area (Å²) in [6.45, 7) is 5.04. The molecule has 1 unspecified atom stereocenters. The van der Waals surface area contributed by atoms with Crippen LogP contribution in [0.15, 0.2) is 41.3 Å². The van der Waals surface area contributed by atoms with Crippen LogP contribution in [0.25, 0.3) is 0 Å². The van der Waals surface area contributed by atoms with E-state index in [1.165, 1.54) is 39.6 Å². The van der Waals surface area contributed by atoms with E-state index in [-0.39, 0.29) is 46.2 Å². The highest BCUT2D eigenvalue weighted by Gasteiger charge is 2.29. The number of aliphatic hydroxyl groups is 1. The van der Waals surface area contributed by atoms with Crippen molar-refractivity contribution >= 4 is 48.1 Å². The second kappa shape index (κ2) is 11.0. The molecular formula is C21H26ClF2N2O5PS. The highest BCUT2D eigenvalue weighted by Crippen LogP contribution is 2.40. The van der Waals surface area contributed by atoms with Gasteiger partial charge in [-0.2, -0.15) is 8.78 Å². The lowest BCUT2D eigenvalue weighted by atomic mass is 9.96. The first kappa shape index (κ1) is 27.2. The van der Waals surface area contributed by atoms with Crippen molar-refractivity contribution in [3.63, 3.8) is 0 Å². The number of halogens is 3. The fourth-order valence-electron chi connectivity index (χ4n) is 2.96. The Hall–Kier alpha value is -2.00. The molecule has 2 atom stereocenters. The molecule has 33 heavy (non-hydrogen) atoms. The van der Waals surface area contributed by atoms with Crippen molar-refractivity contribution in [2.75, 3.05) is 23.3 Å². The van der Waals surface area contributed by atoms with Gasteiger partial charge in [0.05, 0.1) is 24.2 Å². The third-order valence-corrected chi connectivity index (χ3v) is 6.78. The molecule has 0 fully saturated rings. The van der Waals surface area contributed by atoms with Gasteiger partial charge in [-0.05, 0) is 43.2 Å². The molecule has 1 amide bonds. The van der Waals surface area contributed by atoms with E-state index in [0.29, 0.717) is 0 Å². The summed E-state index contributed by atoms with van der Waals surface area (Å²) in [5.74, 6) is -1.21. The number of sulfonamides is 1. The zero-order valence-electron chi connectivity index (χ0n) is 18.2. The van der Waals surface area contributed by atoms with Gasteiger partial charge in [-0.1, -0.05) is 34.7 Å². The number of carbonyl (C=O) groups excluding carboxylic acids is 1. The first-order valence-electron chi connectivity index (χ1n) is 9.98. The lowest BCUT2D eigenvalue weighted by Crippen LogP contribution is -2.29. The molecule has 182 valence electrons. The summed E-state index contributed by atoms with van der Waals surface area (Å²) < 4.78 is 61.1. The number of nitrogens with one attached hydrogen (secondary N) is 2. The molecule has 3 N–H and O–H groups in total. The molecule has 0 aliphatic heterocycles. The van der Waals surface area contributed by atoms with Crippen LogP contribution in [-0.4, -0.2) is 32.6 Å². The van der Waals surface area contributed by atoms with E-state index < -0.39 is 33.1 Å². The van der Waals surface area contributed by atoms with Gasteiger partial charge < -0.3 is 15.2 Å². The van der Waals surface area contributed by atoms with Crippen LogP contribution in [0.1, 0.15) is 26.3 Å². The van der Waals surface area contributed by atoms with Crippen molar-refractivity contribution < 1.29 is 31.8 Å². The summed E-state index contributed by atoms with van der Waals surface area (Å²) in [4.78, 5) is 12.2. The van der Waals surface area contributed by atoms with Crippen LogP contribution in [0.2, 0.25) is 5.02 Å². The minimum Gasteiger partial charge on any atom is -0.492 e. The molecule has 12 heteroatoms. The van der Waals surface area contributed by atoms with Gasteiger partial charge in [0.15, 0.2) is 0 Å². The van der Waals surface area contributed by atoms with E-state index in [0.717, 1.165) is 6.07 Å². The van der Waals surface area contributed by atoms with Crippen molar-refractivity contribution in [3.8, 4) is 5.75 Å². The Morgan fingerprint density at radius 3 is 2.39 bits per heavy atom. The molecule has 2 aromatic rings. The van der Waals surface area contributed by atoms with Crippen LogP contribution < -0.4 is 14.8 Å². The van der Waals surface area contributed by atoms with Crippen molar-refractivity contribution in [3.05, 3.63) is 47.0 Å². The average Bonchev–Trinajstić information content (AvgIpc) is 2.69. The van der Waals surface area contributed by atoms with Crippen molar-refractivity contribution in [1.82, 2.24) is 0 Å². The number of hydrogen-bond donors (Lipinski definition) is 3. The molecular weight excluding hydrogens is 497 g/mol. The second-order valence-electron chi connectivity index (χ2n) is 7.54. The maximum Gasteiger partial charge on any atom is 0.285 e. The Bertz CT molecular complexity index is 1110. The van der Waals surface area contributed by atoms with E-state index in [4.69, 9.17) is 16.3 Å². The van der Waals surface area contributed by atoms with Crippen LogP contribution in [0.3, 0.4) is 0 Å². The van der Waals surface area contributed by atoms with E-state index >= 15 is 0 Å². The molecule has 2 aromatic carbocycles. The molecule has 7 nitrogen and oxygen atoms in total. The zero-order valence-corrected chi connectivity index (χ0v) is 21.0. The minimum absolute atomic E-state index is 0.0431. The average molecular weight is 523 g/mol. The third kappa shape index (κ3) is 6.99. The fourth-order valence-corrected chi connectivity index (χ4v) is 4.71. The third-order valence-electron chi connectivity index (χ3n) is 4.72. The predicted molar refractivity (Wildman–Crippen MR) is 128 cm³/mol. The van der Waals surface area contributed by atoms with Gasteiger partial charge in [0, 0.05) is 23.0 Å². The number of hydrogen-bond acceptors (Lipinski definition) is 5.